The van der Waals surface area contributed by atoms with Gasteiger partial charge in [0.1, 0.15) is 11.5 Å². The monoisotopic (exact) mass is 389 g/mol. The molecule has 0 radical (unpaired) electrons. The van der Waals surface area contributed by atoms with Crippen LogP contribution in [0.25, 0.3) is 6.08 Å². The molecule has 0 saturated carbocycles. The zero-order valence-corrected chi connectivity index (χ0v) is 12.9. The van der Waals surface area contributed by atoms with Crippen LogP contribution in [-0.2, 0) is 15.9 Å². The predicted molar refractivity (Wildman–Crippen MR) is 77.6 cm³/mol. The topological polar surface area (TPSA) is 44.8 Å². The molecular weight excluding hydrogens is 370 g/mol. The second kappa shape index (κ2) is 7.08. The SMILES string of the molecule is [2H]C([2H])([2H])C([2H])([2H])c1cc(OC(F)(F)F)cc2c1OC(C(F)(F)F)C(C(=O)OCC)=C2. The van der Waals surface area contributed by atoms with E-state index < -0.39 is 66.0 Å². The van der Waals surface area contributed by atoms with Crippen molar-refractivity contribution in [2.24, 2.45) is 0 Å². The van der Waals surface area contributed by atoms with Gasteiger partial charge in [0, 0.05) is 12.4 Å². The molecule has 0 aliphatic carbocycles. The van der Waals surface area contributed by atoms with Gasteiger partial charge < -0.3 is 14.2 Å². The van der Waals surface area contributed by atoms with Crippen molar-refractivity contribution in [2.75, 3.05) is 6.61 Å². The number of fused-ring (bicyclic) bond motifs is 1. The molecule has 0 N–H and O–H groups in total. The number of carbonyl (C=O) groups is 1. The van der Waals surface area contributed by atoms with Crippen LogP contribution >= 0.6 is 0 Å². The Hall–Kier alpha value is -2.39. The normalized spacial score (nSPS) is 21.0. The number of benzene rings is 1. The van der Waals surface area contributed by atoms with Gasteiger partial charge in [-0.25, -0.2) is 4.79 Å². The van der Waals surface area contributed by atoms with Gasteiger partial charge in [-0.2, -0.15) is 13.2 Å². The number of hydrogen-bond acceptors (Lipinski definition) is 4. The molecular formula is C16H14F6O4. The molecule has 1 aliphatic heterocycles. The van der Waals surface area contributed by atoms with E-state index in [1.165, 1.54) is 6.92 Å². The molecule has 1 unspecified atom stereocenters. The lowest BCUT2D eigenvalue weighted by molar-refractivity contribution is -0.274. The van der Waals surface area contributed by atoms with Crippen molar-refractivity contribution < 1.29 is 52.2 Å². The quantitative estimate of drug-likeness (QED) is 0.565. The van der Waals surface area contributed by atoms with Gasteiger partial charge in [0.05, 0.1) is 12.2 Å². The maximum absolute atomic E-state index is 13.5. The highest BCUT2D eigenvalue weighted by Crippen LogP contribution is 2.42. The van der Waals surface area contributed by atoms with Gasteiger partial charge in [0.2, 0.25) is 6.10 Å². The molecule has 10 heteroatoms. The number of ether oxygens (including phenoxy) is 3. The van der Waals surface area contributed by atoms with Crippen LogP contribution in [0.2, 0.25) is 0 Å². The lowest BCUT2D eigenvalue weighted by Gasteiger charge is -2.29. The molecule has 0 saturated heterocycles. The van der Waals surface area contributed by atoms with E-state index in [-0.39, 0.29) is 12.7 Å². The Labute approximate surface area is 151 Å². The predicted octanol–water partition coefficient (Wildman–Crippen LogP) is 4.42. The third kappa shape index (κ3) is 4.41. The fourth-order valence-electron chi connectivity index (χ4n) is 2.20. The molecule has 1 aromatic carbocycles. The summed E-state index contributed by atoms with van der Waals surface area (Å²) in [5.74, 6) is -3.59. The van der Waals surface area contributed by atoms with Gasteiger partial charge in [-0.15, -0.1) is 13.2 Å². The van der Waals surface area contributed by atoms with Crippen molar-refractivity contribution in [3.8, 4) is 11.5 Å². The van der Waals surface area contributed by atoms with E-state index in [1.807, 2.05) is 0 Å². The van der Waals surface area contributed by atoms with Crippen molar-refractivity contribution in [3.63, 3.8) is 0 Å². The van der Waals surface area contributed by atoms with Crippen molar-refractivity contribution >= 4 is 12.0 Å². The van der Waals surface area contributed by atoms with Crippen LogP contribution in [0.3, 0.4) is 0 Å². The molecule has 2 rings (SSSR count). The number of alkyl halides is 6. The summed E-state index contributed by atoms with van der Waals surface area (Å²) in [7, 11) is 0. The largest absolute Gasteiger partial charge is 0.573 e. The first-order chi connectivity index (χ1) is 13.9. The summed E-state index contributed by atoms with van der Waals surface area (Å²) in [6.07, 6.45) is -16.4. The lowest BCUT2D eigenvalue weighted by atomic mass is 9.97. The Bertz CT molecular complexity index is 892. The van der Waals surface area contributed by atoms with E-state index in [2.05, 4.69) is 9.47 Å². The third-order valence-electron chi connectivity index (χ3n) is 3.10. The minimum absolute atomic E-state index is 0.287. The summed E-state index contributed by atoms with van der Waals surface area (Å²) < 4.78 is 129. The Morgan fingerprint density at radius 1 is 1.31 bits per heavy atom. The zero-order chi connectivity index (χ0) is 24.0. The standard InChI is InChI=1S/C16H14F6O4/c1-3-8-5-10(26-16(20,21)22)6-9-7-11(14(23)24-4-2)13(15(17,18)19)25-12(8)9/h5-7,13H,3-4H2,1-2H3/i1D3,3D2. The van der Waals surface area contributed by atoms with Crippen LogP contribution in [-0.4, -0.2) is 31.2 Å². The summed E-state index contributed by atoms with van der Waals surface area (Å²) in [6.45, 7) is -2.52. The number of aryl methyl sites for hydroxylation is 1. The van der Waals surface area contributed by atoms with Gasteiger partial charge in [-0.3, -0.25) is 0 Å². The van der Waals surface area contributed by atoms with Gasteiger partial charge in [0.15, 0.2) is 0 Å². The van der Waals surface area contributed by atoms with Crippen molar-refractivity contribution in [1.82, 2.24) is 0 Å². The van der Waals surface area contributed by atoms with Crippen LogP contribution in [0.15, 0.2) is 17.7 Å². The van der Waals surface area contributed by atoms with E-state index in [1.54, 1.807) is 0 Å². The van der Waals surface area contributed by atoms with Crippen molar-refractivity contribution in [3.05, 3.63) is 28.8 Å². The Balaban J connectivity index is 2.81. The Morgan fingerprint density at radius 3 is 2.54 bits per heavy atom. The summed E-state index contributed by atoms with van der Waals surface area (Å²) in [5.41, 5.74) is -2.89. The van der Waals surface area contributed by atoms with E-state index >= 15 is 0 Å². The lowest BCUT2D eigenvalue weighted by Crippen LogP contribution is -2.41. The van der Waals surface area contributed by atoms with Crippen molar-refractivity contribution in [2.45, 2.75) is 38.8 Å². The first-order valence-electron chi connectivity index (χ1n) is 9.45. The molecule has 144 valence electrons. The average Bonchev–Trinajstić information content (AvgIpc) is 2.56. The van der Waals surface area contributed by atoms with Gasteiger partial charge >= 0.3 is 18.5 Å². The molecule has 26 heavy (non-hydrogen) atoms. The molecule has 0 spiro atoms. The number of rotatable bonds is 4. The summed E-state index contributed by atoms with van der Waals surface area (Å²) in [6, 6.07) is 0.822. The average molecular weight is 389 g/mol. The number of halogens is 6. The van der Waals surface area contributed by atoms with Gasteiger partial charge in [-0.05, 0) is 37.1 Å². The molecule has 0 fully saturated rings. The second-order valence-corrected chi connectivity index (χ2v) is 4.92. The molecule has 0 bridgehead atoms. The van der Waals surface area contributed by atoms with Gasteiger partial charge in [0.25, 0.3) is 0 Å². The molecule has 0 amide bonds. The smallest absolute Gasteiger partial charge is 0.475 e. The Morgan fingerprint density at radius 2 is 2.00 bits per heavy atom. The fraction of sp³-hybridized carbons (Fsp3) is 0.438. The van der Waals surface area contributed by atoms with Crippen molar-refractivity contribution in [1.29, 1.82) is 0 Å². The second-order valence-electron chi connectivity index (χ2n) is 4.92. The molecule has 0 aromatic heterocycles. The van der Waals surface area contributed by atoms with E-state index in [9.17, 15) is 31.1 Å². The maximum atomic E-state index is 13.5. The maximum Gasteiger partial charge on any atom is 0.573 e. The molecule has 1 aliphatic rings. The first-order valence-corrected chi connectivity index (χ1v) is 6.95. The van der Waals surface area contributed by atoms with Gasteiger partial charge in [-0.1, -0.05) is 6.85 Å². The summed E-state index contributed by atoms with van der Waals surface area (Å²) >= 11 is 0. The third-order valence-corrected chi connectivity index (χ3v) is 3.10. The van der Waals surface area contributed by atoms with E-state index in [0.717, 1.165) is 0 Å². The highest BCUT2D eigenvalue weighted by molar-refractivity contribution is 5.96. The number of hydrogen-bond donors (Lipinski definition) is 0. The number of esters is 1. The fourth-order valence-corrected chi connectivity index (χ4v) is 2.20. The van der Waals surface area contributed by atoms with Crippen LogP contribution in [0, 0.1) is 0 Å². The molecule has 1 aromatic rings. The van der Waals surface area contributed by atoms with Crippen LogP contribution in [0.4, 0.5) is 26.3 Å². The Kier molecular flexibility index (Phi) is 3.75. The highest BCUT2D eigenvalue weighted by Gasteiger charge is 2.49. The van der Waals surface area contributed by atoms with Crippen LogP contribution < -0.4 is 9.47 Å². The van der Waals surface area contributed by atoms with E-state index in [0.29, 0.717) is 12.1 Å². The molecule has 1 atom stereocenters. The first kappa shape index (κ1) is 13.8. The zero-order valence-electron chi connectivity index (χ0n) is 17.9. The van der Waals surface area contributed by atoms with Crippen LogP contribution in [0.5, 0.6) is 11.5 Å². The summed E-state index contributed by atoms with van der Waals surface area (Å²) in [5, 5.41) is 0. The number of carbonyl (C=O) groups excluding carboxylic acids is 1. The minimum Gasteiger partial charge on any atom is -0.475 e. The molecule has 1 heterocycles. The highest BCUT2D eigenvalue weighted by atomic mass is 19.4. The van der Waals surface area contributed by atoms with E-state index in [4.69, 9.17) is 11.6 Å². The minimum atomic E-state index is -5.28. The molecule has 4 nitrogen and oxygen atoms in total. The van der Waals surface area contributed by atoms with Crippen LogP contribution in [0.1, 0.15) is 31.8 Å². The summed E-state index contributed by atoms with van der Waals surface area (Å²) in [4.78, 5) is 12.0.